The zero-order chi connectivity index (χ0) is 8.97. The summed E-state index contributed by atoms with van der Waals surface area (Å²) in [7, 11) is 0. The van der Waals surface area contributed by atoms with Gasteiger partial charge in [-0.15, -0.1) is 11.8 Å². The zero-order valence-electron chi connectivity index (χ0n) is 8.26. The van der Waals surface area contributed by atoms with Gasteiger partial charge in [-0.1, -0.05) is 26.8 Å². The lowest BCUT2D eigenvalue weighted by Crippen LogP contribution is -2.37. The van der Waals surface area contributed by atoms with Crippen LogP contribution in [0.5, 0.6) is 0 Å². The molecule has 0 aliphatic carbocycles. The van der Waals surface area contributed by atoms with E-state index in [0.717, 1.165) is 0 Å². The van der Waals surface area contributed by atoms with Gasteiger partial charge < -0.3 is 0 Å². The maximum atomic E-state index is 3.60. The van der Waals surface area contributed by atoms with Crippen LogP contribution >= 0.6 is 11.8 Å². The molecule has 0 aromatic carbocycles. The van der Waals surface area contributed by atoms with Gasteiger partial charge in [0, 0.05) is 6.04 Å². The summed E-state index contributed by atoms with van der Waals surface area (Å²) in [6, 6.07) is 0.617. The molecule has 1 nitrogen and oxygen atoms in total. The Bertz CT molecular complexity index is 165. The lowest BCUT2D eigenvalue weighted by molar-refractivity contribution is 0.539. The topological polar surface area (TPSA) is 12.0 Å². The average molecular weight is 185 g/mol. The number of hydrogen-bond acceptors (Lipinski definition) is 2. The highest BCUT2D eigenvalue weighted by Gasteiger charge is 2.18. The molecule has 0 saturated heterocycles. The van der Waals surface area contributed by atoms with Gasteiger partial charge >= 0.3 is 0 Å². The Morgan fingerprint density at radius 3 is 2.58 bits per heavy atom. The largest absolute Gasteiger partial charge is 0.299 e. The van der Waals surface area contributed by atoms with Gasteiger partial charge in [0.25, 0.3) is 0 Å². The van der Waals surface area contributed by atoms with Crippen molar-refractivity contribution < 1.29 is 0 Å². The van der Waals surface area contributed by atoms with Crippen molar-refractivity contribution >= 4 is 11.8 Å². The molecule has 2 unspecified atom stereocenters. The molecule has 1 rings (SSSR count). The fourth-order valence-electron chi connectivity index (χ4n) is 1.41. The fraction of sp³-hybridized carbons (Fsp3) is 0.800. The molecule has 70 valence electrons. The fourth-order valence-corrected chi connectivity index (χ4v) is 2.59. The second-order valence-corrected chi connectivity index (χ2v) is 4.51. The summed E-state index contributed by atoms with van der Waals surface area (Å²) in [5.41, 5.74) is 0. The lowest BCUT2D eigenvalue weighted by Gasteiger charge is -2.28. The van der Waals surface area contributed by atoms with E-state index < -0.39 is 0 Å². The van der Waals surface area contributed by atoms with Crippen LogP contribution < -0.4 is 5.32 Å². The summed E-state index contributed by atoms with van der Waals surface area (Å²) in [6.45, 7) is 6.73. The summed E-state index contributed by atoms with van der Waals surface area (Å²) < 4.78 is 0. The first-order valence-electron chi connectivity index (χ1n) is 4.93. The first-order valence-corrected chi connectivity index (χ1v) is 5.81. The molecule has 1 aliphatic rings. The SMILES string of the molecule is CCC1=CC(CC)NC(CC)S1. The van der Waals surface area contributed by atoms with Crippen molar-refractivity contribution in [2.75, 3.05) is 0 Å². The van der Waals surface area contributed by atoms with Gasteiger partial charge in [0.05, 0.1) is 5.37 Å². The quantitative estimate of drug-likeness (QED) is 0.725. The van der Waals surface area contributed by atoms with Gasteiger partial charge in [0.2, 0.25) is 0 Å². The first kappa shape index (κ1) is 10.1. The van der Waals surface area contributed by atoms with Crippen LogP contribution in [0.25, 0.3) is 0 Å². The van der Waals surface area contributed by atoms with E-state index >= 15 is 0 Å². The van der Waals surface area contributed by atoms with Crippen LogP contribution in [0.3, 0.4) is 0 Å². The molecule has 0 spiro atoms. The molecule has 1 aliphatic heterocycles. The number of nitrogens with one attached hydrogen (secondary N) is 1. The third kappa shape index (κ3) is 2.53. The van der Waals surface area contributed by atoms with E-state index in [4.69, 9.17) is 0 Å². The van der Waals surface area contributed by atoms with Crippen molar-refractivity contribution in [3.63, 3.8) is 0 Å². The summed E-state index contributed by atoms with van der Waals surface area (Å²) in [5.74, 6) is 0. The van der Waals surface area contributed by atoms with E-state index in [1.54, 1.807) is 4.91 Å². The summed E-state index contributed by atoms with van der Waals surface area (Å²) in [6.07, 6.45) is 6.01. The summed E-state index contributed by atoms with van der Waals surface area (Å²) in [4.78, 5) is 1.56. The molecule has 0 bridgehead atoms. The van der Waals surface area contributed by atoms with Crippen molar-refractivity contribution in [3.05, 3.63) is 11.0 Å². The summed E-state index contributed by atoms with van der Waals surface area (Å²) in [5, 5.41) is 4.25. The van der Waals surface area contributed by atoms with Crippen molar-refractivity contribution in [1.29, 1.82) is 0 Å². The van der Waals surface area contributed by atoms with Crippen LogP contribution in [0.4, 0.5) is 0 Å². The number of thioether (sulfide) groups is 1. The Balaban J connectivity index is 2.57. The monoisotopic (exact) mass is 185 g/mol. The van der Waals surface area contributed by atoms with Crippen LogP contribution in [0.1, 0.15) is 40.0 Å². The minimum atomic E-state index is 0.617. The second-order valence-electron chi connectivity index (χ2n) is 3.18. The van der Waals surface area contributed by atoms with Crippen molar-refractivity contribution in [3.8, 4) is 0 Å². The van der Waals surface area contributed by atoms with Crippen LogP contribution in [0.15, 0.2) is 11.0 Å². The molecule has 12 heavy (non-hydrogen) atoms. The molecule has 0 amide bonds. The number of hydrogen-bond donors (Lipinski definition) is 1. The van der Waals surface area contributed by atoms with Gasteiger partial charge in [0.1, 0.15) is 0 Å². The molecule has 1 heterocycles. The molecule has 0 saturated carbocycles. The molecule has 0 aromatic heterocycles. The van der Waals surface area contributed by atoms with Gasteiger partial charge in [-0.2, -0.15) is 0 Å². The first-order chi connectivity index (χ1) is 5.80. The summed E-state index contributed by atoms with van der Waals surface area (Å²) >= 11 is 2.00. The molecule has 1 N–H and O–H groups in total. The van der Waals surface area contributed by atoms with E-state index in [0.29, 0.717) is 11.4 Å². The van der Waals surface area contributed by atoms with E-state index in [1.165, 1.54) is 19.3 Å². The highest BCUT2D eigenvalue weighted by atomic mass is 32.2. The normalized spacial score (nSPS) is 30.1. The maximum absolute atomic E-state index is 3.60. The average Bonchev–Trinajstić information content (AvgIpc) is 2.16. The van der Waals surface area contributed by atoms with E-state index in [2.05, 4.69) is 32.2 Å². The minimum absolute atomic E-state index is 0.617. The Kier molecular flexibility index (Phi) is 4.16. The Labute approximate surface area is 80.0 Å². The predicted octanol–water partition coefficient (Wildman–Crippen LogP) is 3.13. The van der Waals surface area contributed by atoms with Crippen LogP contribution in [-0.4, -0.2) is 11.4 Å². The Morgan fingerprint density at radius 1 is 1.33 bits per heavy atom. The van der Waals surface area contributed by atoms with E-state index in [-0.39, 0.29) is 0 Å². The third-order valence-electron chi connectivity index (χ3n) is 2.24. The Hall–Kier alpha value is 0.0500. The second kappa shape index (κ2) is 4.93. The molecular weight excluding hydrogens is 166 g/mol. The van der Waals surface area contributed by atoms with Crippen LogP contribution in [0.2, 0.25) is 0 Å². The molecule has 0 aromatic rings. The molecule has 2 heteroatoms. The maximum Gasteiger partial charge on any atom is 0.0578 e. The highest BCUT2D eigenvalue weighted by molar-refractivity contribution is 8.03. The number of rotatable bonds is 3. The van der Waals surface area contributed by atoms with Crippen LogP contribution in [0, 0.1) is 0 Å². The minimum Gasteiger partial charge on any atom is -0.299 e. The zero-order valence-corrected chi connectivity index (χ0v) is 9.08. The van der Waals surface area contributed by atoms with E-state index in [9.17, 15) is 0 Å². The van der Waals surface area contributed by atoms with Crippen molar-refractivity contribution in [2.45, 2.75) is 51.4 Å². The Morgan fingerprint density at radius 2 is 2.08 bits per heavy atom. The smallest absolute Gasteiger partial charge is 0.0578 e. The van der Waals surface area contributed by atoms with Gasteiger partial charge in [-0.25, -0.2) is 0 Å². The molecular formula is C10H19NS. The van der Waals surface area contributed by atoms with Gasteiger partial charge in [-0.3, -0.25) is 5.32 Å². The predicted molar refractivity (Wildman–Crippen MR) is 57.3 cm³/mol. The molecule has 0 radical (unpaired) electrons. The van der Waals surface area contributed by atoms with Crippen molar-refractivity contribution in [1.82, 2.24) is 5.32 Å². The van der Waals surface area contributed by atoms with Crippen LogP contribution in [-0.2, 0) is 0 Å². The highest BCUT2D eigenvalue weighted by Crippen LogP contribution is 2.29. The van der Waals surface area contributed by atoms with E-state index in [1.807, 2.05) is 11.8 Å². The number of allylic oxidation sites excluding steroid dienone is 1. The standard InChI is InChI=1S/C10H19NS/c1-4-8-7-9(5-2)12-10(6-3)11-8/h7-8,10-11H,4-6H2,1-3H3. The molecule has 0 fully saturated rings. The van der Waals surface area contributed by atoms with Crippen molar-refractivity contribution in [2.24, 2.45) is 0 Å². The lowest BCUT2D eigenvalue weighted by atomic mass is 10.2. The molecule has 2 atom stereocenters. The van der Waals surface area contributed by atoms with Gasteiger partial charge in [-0.05, 0) is 24.2 Å². The third-order valence-corrected chi connectivity index (χ3v) is 3.72. The van der Waals surface area contributed by atoms with Gasteiger partial charge in [0.15, 0.2) is 0 Å².